The van der Waals surface area contributed by atoms with Crippen LogP contribution >= 0.6 is 0 Å². The van der Waals surface area contributed by atoms with E-state index in [0.29, 0.717) is 17.7 Å². The molecule has 1 amide bonds. The van der Waals surface area contributed by atoms with Crippen molar-refractivity contribution in [1.82, 2.24) is 5.32 Å². The van der Waals surface area contributed by atoms with Gasteiger partial charge in [-0.3, -0.25) is 4.79 Å². The van der Waals surface area contributed by atoms with Gasteiger partial charge in [-0.1, -0.05) is 42.5 Å². The third-order valence-corrected chi connectivity index (χ3v) is 3.09. The number of benzene rings is 2. The normalized spacial score (nSPS) is 11.8. The smallest absolute Gasteiger partial charge is 0.253 e. The van der Waals surface area contributed by atoms with Crippen LogP contribution in [0.2, 0.25) is 0 Å². The number of carbonyl (C=O) groups is 1. The quantitative estimate of drug-likeness (QED) is 0.722. The molecular weight excluding hydrogens is 252 g/mol. The number of nitrogens with two attached hydrogens (primary N) is 1. The maximum atomic E-state index is 12.1. The summed E-state index contributed by atoms with van der Waals surface area (Å²) in [5.74, 6) is -0.266. The molecule has 0 saturated heterocycles. The molecule has 4 nitrogen and oxygen atoms in total. The Bertz CT molecular complexity index is 570. The van der Waals surface area contributed by atoms with Crippen molar-refractivity contribution < 1.29 is 9.90 Å². The fourth-order valence-electron chi connectivity index (χ4n) is 2.03. The first-order valence-corrected chi connectivity index (χ1v) is 6.51. The van der Waals surface area contributed by atoms with Crippen LogP contribution in [0.1, 0.15) is 15.9 Å². The molecule has 2 aromatic rings. The maximum Gasteiger partial charge on any atom is 0.253 e. The number of anilines is 1. The molecule has 20 heavy (non-hydrogen) atoms. The molecule has 0 spiro atoms. The summed E-state index contributed by atoms with van der Waals surface area (Å²) in [7, 11) is 0. The Morgan fingerprint density at radius 3 is 2.40 bits per heavy atom. The Hall–Kier alpha value is -2.33. The summed E-state index contributed by atoms with van der Waals surface area (Å²) < 4.78 is 0. The minimum Gasteiger partial charge on any atom is -0.398 e. The van der Waals surface area contributed by atoms with Crippen LogP contribution in [0.5, 0.6) is 0 Å². The van der Waals surface area contributed by atoms with Gasteiger partial charge in [-0.15, -0.1) is 0 Å². The Labute approximate surface area is 118 Å². The number of nitrogens with one attached hydrogen (secondary N) is 1. The molecule has 4 heteroatoms. The van der Waals surface area contributed by atoms with E-state index in [9.17, 15) is 9.90 Å². The second-order valence-electron chi connectivity index (χ2n) is 4.63. The number of hydrogen-bond acceptors (Lipinski definition) is 3. The van der Waals surface area contributed by atoms with E-state index >= 15 is 0 Å². The summed E-state index contributed by atoms with van der Waals surface area (Å²) in [6, 6.07) is 16.3. The number of carbonyl (C=O) groups excluding carboxylic acids is 1. The Morgan fingerprint density at radius 1 is 1.10 bits per heavy atom. The predicted octanol–water partition coefficient (Wildman–Crippen LogP) is 1.60. The molecule has 4 N–H and O–H groups in total. The highest BCUT2D eigenvalue weighted by Gasteiger charge is 2.15. The molecule has 0 aliphatic heterocycles. The van der Waals surface area contributed by atoms with Crippen molar-refractivity contribution in [3.8, 4) is 0 Å². The lowest BCUT2D eigenvalue weighted by Gasteiger charge is -2.17. The Morgan fingerprint density at radius 2 is 1.75 bits per heavy atom. The number of rotatable bonds is 5. The van der Waals surface area contributed by atoms with Crippen LogP contribution < -0.4 is 11.1 Å². The highest BCUT2D eigenvalue weighted by atomic mass is 16.3. The van der Waals surface area contributed by atoms with Crippen molar-refractivity contribution in [3.05, 3.63) is 65.7 Å². The van der Waals surface area contributed by atoms with Gasteiger partial charge in [-0.05, 0) is 24.1 Å². The van der Waals surface area contributed by atoms with E-state index in [1.807, 2.05) is 30.3 Å². The van der Waals surface area contributed by atoms with Gasteiger partial charge in [0, 0.05) is 5.69 Å². The molecule has 104 valence electrons. The van der Waals surface area contributed by atoms with E-state index in [1.54, 1.807) is 24.3 Å². The van der Waals surface area contributed by atoms with Crippen LogP contribution in [-0.4, -0.2) is 23.7 Å². The lowest BCUT2D eigenvalue weighted by molar-refractivity contribution is 0.0917. The van der Waals surface area contributed by atoms with E-state index in [-0.39, 0.29) is 18.6 Å². The second kappa shape index (κ2) is 6.73. The monoisotopic (exact) mass is 270 g/mol. The minimum absolute atomic E-state index is 0.118. The standard InChI is InChI=1S/C16H18N2O2/c17-15-9-5-4-8-14(15)16(20)18-13(11-19)10-12-6-2-1-3-7-12/h1-9,13,19H,10-11,17H2,(H,18,20). The number of para-hydroxylation sites is 1. The lowest BCUT2D eigenvalue weighted by atomic mass is 10.1. The molecule has 0 aromatic heterocycles. The second-order valence-corrected chi connectivity index (χ2v) is 4.63. The number of aliphatic hydroxyl groups excluding tert-OH is 1. The molecule has 0 saturated carbocycles. The number of aliphatic hydroxyl groups is 1. The largest absolute Gasteiger partial charge is 0.398 e. The van der Waals surface area contributed by atoms with Crippen LogP contribution in [0.4, 0.5) is 5.69 Å². The van der Waals surface area contributed by atoms with Gasteiger partial charge in [0.15, 0.2) is 0 Å². The average Bonchev–Trinajstić information content (AvgIpc) is 2.48. The van der Waals surface area contributed by atoms with E-state index in [4.69, 9.17) is 5.73 Å². The van der Waals surface area contributed by atoms with Crippen molar-refractivity contribution in [2.45, 2.75) is 12.5 Å². The first kappa shape index (κ1) is 14.1. The van der Waals surface area contributed by atoms with E-state index in [0.717, 1.165) is 5.56 Å². The van der Waals surface area contributed by atoms with Crippen molar-refractivity contribution in [2.24, 2.45) is 0 Å². The number of hydrogen-bond donors (Lipinski definition) is 3. The number of amides is 1. The molecule has 0 radical (unpaired) electrons. The SMILES string of the molecule is Nc1ccccc1C(=O)NC(CO)Cc1ccccc1. The molecule has 1 atom stereocenters. The molecule has 0 aliphatic carbocycles. The molecule has 2 aromatic carbocycles. The van der Waals surface area contributed by atoms with E-state index in [1.165, 1.54) is 0 Å². The summed E-state index contributed by atoms with van der Waals surface area (Å²) in [5.41, 5.74) is 7.69. The van der Waals surface area contributed by atoms with Crippen molar-refractivity contribution >= 4 is 11.6 Å². The van der Waals surface area contributed by atoms with Gasteiger partial charge in [-0.25, -0.2) is 0 Å². The van der Waals surface area contributed by atoms with Gasteiger partial charge < -0.3 is 16.2 Å². The topological polar surface area (TPSA) is 75.4 Å². The van der Waals surface area contributed by atoms with Crippen molar-refractivity contribution in [3.63, 3.8) is 0 Å². The molecular formula is C16H18N2O2. The zero-order chi connectivity index (χ0) is 14.4. The Kier molecular flexibility index (Phi) is 4.74. The zero-order valence-electron chi connectivity index (χ0n) is 11.1. The first-order valence-electron chi connectivity index (χ1n) is 6.51. The summed E-state index contributed by atoms with van der Waals surface area (Å²) in [6.45, 7) is -0.118. The molecule has 0 aliphatic rings. The van der Waals surface area contributed by atoms with E-state index < -0.39 is 0 Å². The van der Waals surface area contributed by atoms with Crippen LogP contribution in [0, 0.1) is 0 Å². The predicted molar refractivity (Wildman–Crippen MR) is 79.3 cm³/mol. The molecule has 0 heterocycles. The van der Waals surface area contributed by atoms with Gasteiger partial charge in [0.05, 0.1) is 18.2 Å². The average molecular weight is 270 g/mol. The van der Waals surface area contributed by atoms with Gasteiger partial charge in [0.1, 0.15) is 0 Å². The number of nitrogen functional groups attached to an aromatic ring is 1. The van der Waals surface area contributed by atoms with E-state index in [2.05, 4.69) is 5.32 Å². The Balaban J connectivity index is 2.03. The first-order chi connectivity index (χ1) is 9.70. The molecule has 0 fully saturated rings. The molecule has 1 unspecified atom stereocenters. The fourth-order valence-corrected chi connectivity index (χ4v) is 2.03. The minimum atomic E-state index is -0.329. The zero-order valence-corrected chi connectivity index (χ0v) is 11.1. The van der Waals surface area contributed by atoms with Crippen molar-refractivity contribution in [1.29, 1.82) is 0 Å². The fraction of sp³-hybridized carbons (Fsp3) is 0.188. The van der Waals surface area contributed by atoms with Gasteiger partial charge in [0.25, 0.3) is 5.91 Å². The molecule has 0 bridgehead atoms. The third-order valence-electron chi connectivity index (χ3n) is 3.09. The molecule has 2 rings (SSSR count). The third kappa shape index (κ3) is 3.59. The van der Waals surface area contributed by atoms with Gasteiger partial charge >= 0.3 is 0 Å². The van der Waals surface area contributed by atoms with Crippen LogP contribution in [0.3, 0.4) is 0 Å². The highest BCUT2D eigenvalue weighted by Crippen LogP contribution is 2.11. The summed E-state index contributed by atoms with van der Waals surface area (Å²) >= 11 is 0. The van der Waals surface area contributed by atoms with Gasteiger partial charge in [-0.2, -0.15) is 0 Å². The van der Waals surface area contributed by atoms with Gasteiger partial charge in [0.2, 0.25) is 0 Å². The maximum absolute atomic E-state index is 12.1. The van der Waals surface area contributed by atoms with Crippen molar-refractivity contribution in [2.75, 3.05) is 12.3 Å². The van der Waals surface area contributed by atoms with Crippen LogP contribution in [0.25, 0.3) is 0 Å². The lowest BCUT2D eigenvalue weighted by Crippen LogP contribution is -2.39. The summed E-state index contributed by atoms with van der Waals surface area (Å²) in [6.07, 6.45) is 0.579. The summed E-state index contributed by atoms with van der Waals surface area (Å²) in [4.78, 5) is 12.1. The summed E-state index contributed by atoms with van der Waals surface area (Å²) in [5, 5.41) is 12.2. The van der Waals surface area contributed by atoms with Crippen LogP contribution in [0.15, 0.2) is 54.6 Å². The highest BCUT2D eigenvalue weighted by molar-refractivity contribution is 5.99. The van der Waals surface area contributed by atoms with Crippen LogP contribution in [-0.2, 0) is 6.42 Å².